The Labute approximate surface area is 104 Å². The lowest BCUT2D eigenvalue weighted by atomic mass is 10.1. The maximum absolute atomic E-state index is 5.63. The Kier molecular flexibility index (Phi) is 4.13. The molecule has 17 heavy (non-hydrogen) atoms. The summed E-state index contributed by atoms with van der Waals surface area (Å²) in [5.74, 6) is 0. The maximum Gasteiger partial charge on any atom is 0.0542 e. The number of nitrogens with two attached hydrogens (primary N) is 1. The maximum atomic E-state index is 5.63. The molecule has 1 aromatic heterocycles. The highest BCUT2D eigenvalue weighted by atomic mass is 15.2. The molecule has 3 nitrogen and oxygen atoms in total. The van der Waals surface area contributed by atoms with Crippen molar-refractivity contribution in [1.29, 1.82) is 0 Å². The average molecular weight is 233 g/mol. The summed E-state index contributed by atoms with van der Waals surface area (Å²) in [6, 6.07) is 5.70. The van der Waals surface area contributed by atoms with Gasteiger partial charge in [-0.1, -0.05) is 6.92 Å². The Balaban J connectivity index is 2.08. The lowest BCUT2D eigenvalue weighted by Crippen LogP contribution is -2.33. The van der Waals surface area contributed by atoms with E-state index < -0.39 is 0 Å². The number of likely N-dealkylation sites (tertiary alicyclic amines) is 1. The van der Waals surface area contributed by atoms with Crippen molar-refractivity contribution in [2.75, 3.05) is 0 Å². The molecule has 1 aliphatic rings. The molecule has 0 amide bonds. The third-order valence-electron chi connectivity index (χ3n) is 3.88. The van der Waals surface area contributed by atoms with E-state index in [1.54, 1.807) is 0 Å². The summed E-state index contributed by atoms with van der Waals surface area (Å²) in [5, 5.41) is 0. The second-order valence-electron chi connectivity index (χ2n) is 5.02. The van der Waals surface area contributed by atoms with Crippen molar-refractivity contribution in [3.8, 4) is 0 Å². The number of hydrogen-bond acceptors (Lipinski definition) is 3. The molecule has 2 unspecified atom stereocenters. The Hall–Kier alpha value is -0.930. The van der Waals surface area contributed by atoms with Gasteiger partial charge < -0.3 is 5.73 Å². The minimum atomic E-state index is 0.528. The average Bonchev–Trinajstić information content (AvgIpc) is 2.71. The first-order valence-corrected chi connectivity index (χ1v) is 6.64. The van der Waals surface area contributed by atoms with E-state index in [2.05, 4.69) is 35.9 Å². The molecule has 0 spiro atoms. The van der Waals surface area contributed by atoms with Crippen LogP contribution in [0, 0.1) is 0 Å². The van der Waals surface area contributed by atoms with Crippen LogP contribution in [0.4, 0.5) is 0 Å². The van der Waals surface area contributed by atoms with Crippen molar-refractivity contribution in [3.05, 3.63) is 29.6 Å². The van der Waals surface area contributed by atoms with Crippen molar-refractivity contribution in [1.82, 2.24) is 9.88 Å². The van der Waals surface area contributed by atoms with Crippen LogP contribution in [0.15, 0.2) is 18.3 Å². The predicted octanol–water partition coefficient (Wildman–Crippen LogP) is 2.30. The van der Waals surface area contributed by atoms with Gasteiger partial charge in [-0.2, -0.15) is 0 Å². The summed E-state index contributed by atoms with van der Waals surface area (Å²) in [4.78, 5) is 6.87. The Morgan fingerprint density at radius 1 is 1.47 bits per heavy atom. The van der Waals surface area contributed by atoms with E-state index in [4.69, 9.17) is 5.73 Å². The number of rotatable bonds is 4. The van der Waals surface area contributed by atoms with Gasteiger partial charge >= 0.3 is 0 Å². The number of hydrogen-bond donors (Lipinski definition) is 1. The standard InChI is InChI=1S/C14H23N3/c1-3-14-5-4-11(2)17(14)10-12-6-7-16-13(8-12)9-15/h6-8,11,14H,3-5,9-10,15H2,1-2H3. The van der Waals surface area contributed by atoms with Crippen LogP contribution >= 0.6 is 0 Å². The third-order valence-corrected chi connectivity index (χ3v) is 3.88. The highest BCUT2D eigenvalue weighted by Gasteiger charge is 2.28. The first kappa shape index (κ1) is 12.5. The van der Waals surface area contributed by atoms with Gasteiger partial charge in [0.2, 0.25) is 0 Å². The summed E-state index contributed by atoms with van der Waals surface area (Å²) in [5.41, 5.74) is 7.96. The molecule has 0 radical (unpaired) electrons. The van der Waals surface area contributed by atoms with E-state index in [1.807, 2.05) is 6.20 Å². The normalized spacial score (nSPS) is 25.4. The quantitative estimate of drug-likeness (QED) is 0.867. The van der Waals surface area contributed by atoms with Crippen LogP contribution in [0.1, 0.15) is 44.4 Å². The van der Waals surface area contributed by atoms with Crippen molar-refractivity contribution < 1.29 is 0 Å². The van der Waals surface area contributed by atoms with Gasteiger partial charge in [0.15, 0.2) is 0 Å². The molecule has 2 atom stereocenters. The van der Waals surface area contributed by atoms with Crippen LogP contribution in [-0.4, -0.2) is 22.0 Å². The monoisotopic (exact) mass is 233 g/mol. The highest BCUT2D eigenvalue weighted by Crippen LogP contribution is 2.27. The van der Waals surface area contributed by atoms with Crippen molar-refractivity contribution >= 4 is 0 Å². The van der Waals surface area contributed by atoms with E-state index in [0.29, 0.717) is 12.6 Å². The molecular formula is C14H23N3. The highest BCUT2D eigenvalue weighted by molar-refractivity contribution is 5.16. The fraction of sp³-hybridized carbons (Fsp3) is 0.643. The van der Waals surface area contributed by atoms with Gasteiger partial charge in [0.1, 0.15) is 0 Å². The van der Waals surface area contributed by atoms with Gasteiger partial charge in [-0.25, -0.2) is 0 Å². The van der Waals surface area contributed by atoms with E-state index in [-0.39, 0.29) is 0 Å². The number of aromatic nitrogens is 1. The van der Waals surface area contributed by atoms with Crippen LogP contribution in [0.2, 0.25) is 0 Å². The zero-order valence-electron chi connectivity index (χ0n) is 10.9. The molecule has 1 saturated heterocycles. The Morgan fingerprint density at radius 2 is 2.29 bits per heavy atom. The minimum absolute atomic E-state index is 0.528. The van der Waals surface area contributed by atoms with Crippen LogP contribution in [0.25, 0.3) is 0 Å². The Bertz CT molecular complexity index is 364. The van der Waals surface area contributed by atoms with Crippen molar-refractivity contribution in [2.45, 2.75) is 58.3 Å². The molecular weight excluding hydrogens is 210 g/mol. The van der Waals surface area contributed by atoms with E-state index in [1.165, 1.54) is 24.8 Å². The fourth-order valence-electron chi connectivity index (χ4n) is 2.80. The molecule has 1 aliphatic heterocycles. The number of nitrogens with zero attached hydrogens (tertiary/aromatic N) is 2. The minimum Gasteiger partial charge on any atom is -0.325 e. The summed E-state index contributed by atoms with van der Waals surface area (Å²) in [6.07, 6.45) is 5.79. The summed E-state index contributed by atoms with van der Waals surface area (Å²) in [7, 11) is 0. The molecule has 0 saturated carbocycles. The fourth-order valence-corrected chi connectivity index (χ4v) is 2.80. The summed E-state index contributed by atoms with van der Waals surface area (Å²) in [6.45, 7) is 6.18. The van der Waals surface area contributed by atoms with E-state index in [9.17, 15) is 0 Å². The van der Waals surface area contributed by atoms with Gasteiger partial charge in [-0.3, -0.25) is 9.88 Å². The molecule has 94 valence electrons. The molecule has 0 aromatic carbocycles. The zero-order chi connectivity index (χ0) is 12.3. The lowest BCUT2D eigenvalue weighted by Gasteiger charge is -2.27. The smallest absolute Gasteiger partial charge is 0.0542 e. The zero-order valence-corrected chi connectivity index (χ0v) is 10.9. The first-order chi connectivity index (χ1) is 8.24. The van der Waals surface area contributed by atoms with Gasteiger partial charge in [-0.15, -0.1) is 0 Å². The summed E-state index contributed by atoms with van der Waals surface area (Å²) < 4.78 is 0. The second-order valence-corrected chi connectivity index (χ2v) is 5.02. The van der Waals surface area contributed by atoms with Gasteiger partial charge in [0.25, 0.3) is 0 Å². The van der Waals surface area contributed by atoms with Crippen molar-refractivity contribution in [3.63, 3.8) is 0 Å². The predicted molar refractivity (Wildman–Crippen MR) is 70.4 cm³/mol. The number of pyridine rings is 1. The largest absolute Gasteiger partial charge is 0.325 e. The van der Waals surface area contributed by atoms with Gasteiger partial charge in [-0.05, 0) is 43.9 Å². The molecule has 3 heteroatoms. The van der Waals surface area contributed by atoms with Crippen LogP contribution < -0.4 is 5.73 Å². The van der Waals surface area contributed by atoms with Crippen molar-refractivity contribution in [2.24, 2.45) is 5.73 Å². The SMILES string of the molecule is CCC1CCC(C)N1Cc1ccnc(CN)c1. The van der Waals surface area contributed by atoms with E-state index in [0.717, 1.165) is 18.3 Å². The lowest BCUT2D eigenvalue weighted by molar-refractivity contribution is 0.189. The second kappa shape index (κ2) is 5.61. The molecule has 1 aromatic rings. The van der Waals surface area contributed by atoms with Gasteiger partial charge in [0.05, 0.1) is 5.69 Å². The molecule has 2 rings (SSSR count). The first-order valence-electron chi connectivity index (χ1n) is 6.64. The van der Waals surface area contributed by atoms with Crippen LogP contribution in [0.5, 0.6) is 0 Å². The molecule has 1 fully saturated rings. The van der Waals surface area contributed by atoms with Gasteiger partial charge in [0, 0.05) is 31.4 Å². The topological polar surface area (TPSA) is 42.2 Å². The van der Waals surface area contributed by atoms with E-state index >= 15 is 0 Å². The Morgan fingerprint density at radius 3 is 3.00 bits per heavy atom. The van der Waals surface area contributed by atoms with Crippen LogP contribution in [-0.2, 0) is 13.1 Å². The van der Waals surface area contributed by atoms with Crippen LogP contribution in [0.3, 0.4) is 0 Å². The third kappa shape index (κ3) is 2.85. The molecule has 0 bridgehead atoms. The summed E-state index contributed by atoms with van der Waals surface area (Å²) >= 11 is 0. The molecule has 2 N–H and O–H groups in total. The molecule has 2 heterocycles. The molecule has 0 aliphatic carbocycles.